The summed E-state index contributed by atoms with van der Waals surface area (Å²) in [5.41, 5.74) is 1.39. The second-order valence-electron chi connectivity index (χ2n) is 6.10. The number of furan rings is 1. The van der Waals surface area contributed by atoms with Crippen LogP contribution in [0.15, 0.2) is 4.42 Å². The number of ether oxygens (including phenoxy) is 1. The smallest absolute Gasteiger partial charge is 0.342 e. The van der Waals surface area contributed by atoms with Crippen molar-refractivity contribution in [2.45, 2.75) is 65.5 Å². The SMILES string of the molecule is CCNC(=O)NC1CCC(OC(=O)c2c(C)oc(C)c2C)CC1. The number of hydrogen-bond donors (Lipinski definition) is 2. The van der Waals surface area contributed by atoms with Crippen molar-refractivity contribution in [2.75, 3.05) is 6.54 Å². The molecule has 2 amide bonds. The Morgan fingerprint density at radius 1 is 1.13 bits per heavy atom. The van der Waals surface area contributed by atoms with E-state index in [0.29, 0.717) is 17.9 Å². The Kier molecular flexibility index (Phi) is 5.69. The molecule has 1 aromatic rings. The molecule has 6 nitrogen and oxygen atoms in total. The maximum atomic E-state index is 12.4. The Hall–Kier alpha value is -1.98. The second kappa shape index (κ2) is 7.53. The molecule has 1 heterocycles. The third kappa shape index (κ3) is 4.27. The molecule has 0 spiro atoms. The number of carbonyl (C=O) groups is 2. The largest absolute Gasteiger partial charge is 0.465 e. The minimum absolute atomic E-state index is 0.0937. The second-order valence-corrected chi connectivity index (χ2v) is 6.10. The van der Waals surface area contributed by atoms with Crippen LogP contribution in [0.3, 0.4) is 0 Å². The van der Waals surface area contributed by atoms with Gasteiger partial charge in [-0.2, -0.15) is 0 Å². The van der Waals surface area contributed by atoms with Crippen LogP contribution in [-0.2, 0) is 4.74 Å². The molecule has 1 aromatic heterocycles. The molecule has 0 bridgehead atoms. The van der Waals surface area contributed by atoms with Crippen LogP contribution in [0.25, 0.3) is 0 Å². The normalized spacial score (nSPS) is 20.9. The van der Waals surface area contributed by atoms with Gasteiger partial charge in [0.2, 0.25) is 0 Å². The fraction of sp³-hybridized carbons (Fsp3) is 0.647. The predicted octanol–water partition coefficient (Wildman–Crippen LogP) is 2.99. The fourth-order valence-corrected chi connectivity index (χ4v) is 3.03. The van der Waals surface area contributed by atoms with Crippen LogP contribution in [-0.4, -0.2) is 30.7 Å². The number of amides is 2. The summed E-state index contributed by atoms with van der Waals surface area (Å²) < 4.78 is 11.1. The number of rotatable bonds is 4. The van der Waals surface area contributed by atoms with Crippen molar-refractivity contribution in [1.82, 2.24) is 10.6 Å². The third-order valence-corrected chi connectivity index (χ3v) is 4.39. The molecule has 0 radical (unpaired) electrons. The summed E-state index contributed by atoms with van der Waals surface area (Å²) in [4.78, 5) is 23.9. The Bertz CT molecular complexity index is 571. The Labute approximate surface area is 137 Å². The lowest BCUT2D eigenvalue weighted by Gasteiger charge is -2.28. The zero-order valence-corrected chi connectivity index (χ0v) is 14.3. The molecule has 1 saturated carbocycles. The first kappa shape index (κ1) is 17.4. The van der Waals surface area contributed by atoms with Gasteiger partial charge in [-0.15, -0.1) is 0 Å². The van der Waals surface area contributed by atoms with E-state index in [4.69, 9.17) is 9.15 Å². The molecule has 0 atom stereocenters. The van der Waals surface area contributed by atoms with Crippen molar-refractivity contribution in [3.05, 3.63) is 22.6 Å². The minimum atomic E-state index is -0.308. The number of nitrogens with one attached hydrogen (secondary N) is 2. The van der Waals surface area contributed by atoms with Gasteiger partial charge in [0.25, 0.3) is 0 Å². The van der Waals surface area contributed by atoms with Crippen molar-refractivity contribution >= 4 is 12.0 Å². The van der Waals surface area contributed by atoms with Gasteiger partial charge in [-0.25, -0.2) is 9.59 Å². The van der Waals surface area contributed by atoms with Crippen LogP contribution in [0.4, 0.5) is 4.79 Å². The lowest BCUT2D eigenvalue weighted by atomic mass is 9.93. The molecule has 1 aliphatic rings. The van der Waals surface area contributed by atoms with Crippen LogP contribution in [0.2, 0.25) is 0 Å². The molecule has 128 valence electrons. The first-order valence-corrected chi connectivity index (χ1v) is 8.24. The highest BCUT2D eigenvalue weighted by Crippen LogP contribution is 2.26. The monoisotopic (exact) mass is 322 g/mol. The standard InChI is InChI=1S/C17H26N2O4/c1-5-18-17(21)19-13-6-8-14(9-7-13)23-16(20)15-10(2)11(3)22-12(15)4/h13-14H,5-9H2,1-4H3,(H2,18,19,21). The average molecular weight is 322 g/mol. The third-order valence-electron chi connectivity index (χ3n) is 4.39. The number of carbonyl (C=O) groups excluding carboxylic acids is 2. The van der Waals surface area contributed by atoms with Gasteiger partial charge in [-0.1, -0.05) is 0 Å². The van der Waals surface area contributed by atoms with E-state index in [0.717, 1.165) is 37.0 Å². The predicted molar refractivity (Wildman–Crippen MR) is 86.6 cm³/mol. The highest BCUT2D eigenvalue weighted by molar-refractivity contribution is 5.92. The molecule has 1 aliphatic carbocycles. The average Bonchev–Trinajstić information content (AvgIpc) is 2.74. The summed E-state index contributed by atoms with van der Waals surface area (Å²) in [6, 6.07) is 0.0178. The topological polar surface area (TPSA) is 80.6 Å². The highest BCUT2D eigenvalue weighted by Gasteiger charge is 2.27. The Morgan fingerprint density at radius 2 is 1.78 bits per heavy atom. The molecule has 0 aliphatic heterocycles. The molecule has 0 aromatic carbocycles. The van der Waals surface area contributed by atoms with E-state index in [1.807, 2.05) is 20.8 Å². The van der Waals surface area contributed by atoms with E-state index >= 15 is 0 Å². The Balaban J connectivity index is 1.84. The molecule has 23 heavy (non-hydrogen) atoms. The van der Waals surface area contributed by atoms with E-state index < -0.39 is 0 Å². The van der Waals surface area contributed by atoms with E-state index in [9.17, 15) is 9.59 Å². The van der Waals surface area contributed by atoms with Gasteiger partial charge in [0.15, 0.2) is 0 Å². The van der Waals surface area contributed by atoms with E-state index in [1.54, 1.807) is 6.92 Å². The summed E-state index contributed by atoms with van der Waals surface area (Å²) >= 11 is 0. The van der Waals surface area contributed by atoms with Crippen LogP contribution >= 0.6 is 0 Å². The highest BCUT2D eigenvalue weighted by atomic mass is 16.5. The van der Waals surface area contributed by atoms with Gasteiger partial charge in [0.05, 0.1) is 0 Å². The quantitative estimate of drug-likeness (QED) is 0.835. The van der Waals surface area contributed by atoms with Crippen molar-refractivity contribution in [2.24, 2.45) is 0 Å². The van der Waals surface area contributed by atoms with E-state index in [2.05, 4.69) is 10.6 Å². The van der Waals surface area contributed by atoms with Crippen molar-refractivity contribution in [3.63, 3.8) is 0 Å². The zero-order chi connectivity index (χ0) is 17.0. The molecule has 1 fully saturated rings. The molecule has 2 N–H and O–H groups in total. The summed E-state index contributed by atoms with van der Waals surface area (Å²) in [7, 11) is 0. The summed E-state index contributed by atoms with van der Waals surface area (Å²) in [5.74, 6) is 1.05. The summed E-state index contributed by atoms with van der Waals surface area (Å²) in [5, 5.41) is 5.67. The summed E-state index contributed by atoms with van der Waals surface area (Å²) in [6.07, 6.45) is 3.06. The Morgan fingerprint density at radius 3 is 2.30 bits per heavy atom. The van der Waals surface area contributed by atoms with E-state index in [-0.39, 0.29) is 24.1 Å². The van der Waals surface area contributed by atoms with Crippen molar-refractivity contribution < 1.29 is 18.7 Å². The number of esters is 1. The van der Waals surface area contributed by atoms with E-state index in [1.165, 1.54) is 0 Å². The van der Waals surface area contributed by atoms with Gasteiger partial charge in [-0.05, 0) is 53.4 Å². The maximum absolute atomic E-state index is 12.4. The molecule has 6 heteroatoms. The summed E-state index contributed by atoms with van der Waals surface area (Å²) in [6.45, 7) is 8.00. The molecule has 0 saturated heterocycles. The molecular formula is C17H26N2O4. The van der Waals surface area contributed by atoms with Crippen molar-refractivity contribution in [3.8, 4) is 0 Å². The first-order chi connectivity index (χ1) is 10.9. The number of urea groups is 1. The fourth-order valence-electron chi connectivity index (χ4n) is 3.03. The first-order valence-electron chi connectivity index (χ1n) is 8.24. The molecule has 2 rings (SSSR count). The lowest BCUT2D eigenvalue weighted by Crippen LogP contribution is -2.44. The van der Waals surface area contributed by atoms with Gasteiger partial charge >= 0.3 is 12.0 Å². The van der Waals surface area contributed by atoms with Crippen LogP contribution < -0.4 is 10.6 Å². The zero-order valence-electron chi connectivity index (χ0n) is 14.3. The van der Waals surface area contributed by atoms with Crippen LogP contribution in [0, 0.1) is 20.8 Å². The number of hydrogen-bond acceptors (Lipinski definition) is 4. The van der Waals surface area contributed by atoms with Gasteiger partial charge in [0, 0.05) is 18.2 Å². The lowest BCUT2D eigenvalue weighted by molar-refractivity contribution is 0.0186. The minimum Gasteiger partial charge on any atom is -0.465 e. The number of aryl methyl sites for hydroxylation is 2. The van der Waals surface area contributed by atoms with Gasteiger partial charge in [-0.3, -0.25) is 0 Å². The van der Waals surface area contributed by atoms with Crippen LogP contribution in [0.1, 0.15) is 60.0 Å². The van der Waals surface area contributed by atoms with Crippen LogP contribution in [0.5, 0.6) is 0 Å². The molecule has 0 unspecified atom stereocenters. The van der Waals surface area contributed by atoms with Crippen molar-refractivity contribution in [1.29, 1.82) is 0 Å². The maximum Gasteiger partial charge on any atom is 0.342 e. The van der Waals surface area contributed by atoms with Gasteiger partial charge < -0.3 is 19.8 Å². The molecular weight excluding hydrogens is 296 g/mol. The van der Waals surface area contributed by atoms with Gasteiger partial charge in [0.1, 0.15) is 23.2 Å².